The van der Waals surface area contributed by atoms with Crippen LogP contribution in [0.25, 0.3) is 17.0 Å². The van der Waals surface area contributed by atoms with E-state index in [1.165, 1.54) is 0 Å². The van der Waals surface area contributed by atoms with E-state index in [4.69, 9.17) is 10.8 Å². The second-order valence-electron chi connectivity index (χ2n) is 6.01. The van der Waals surface area contributed by atoms with Crippen LogP contribution in [0, 0.1) is 5.92 Å². The molecule has 3 heterocycles. The van der Waals surface area contributed by atoms with Crippen molar-refractivity contribution in [3.8, 4) is 11.4 Å². The summed E-state index contributed by atoms with van der Waals surface area (Å²) in [7, 11) is 0. The zero-order valence-electron chi connectivity index (χ0n) is 13.2. The lowest BCUT2D eigenvalue weighted by molar-refractivity contribution is -0.122. The summed E-state index contributed by atoms with van der Waals surface area (Å²) in [6, 6.07) is 13.7. The number of anilines is 1. The Morgan fingerprint density at radius 1 is 1.04 bits per heavy atom. The number of hydrogen-bond donors (Lipinski definition) is 1. The van der Waals surface area contributed by atoms with E-state index >= 15 is 0 Å². The third-order valence-corrected chi connectivity index (χ3v) is 4.50. The molecule has 122 valence electrons. The maximum atomic E-state index is 11.3. The largest absolute Gasteiger partial charge is 0.369 e. The third kappa shape index (κ3) is 2.58. The Morgan fingerprint density at radius 2 is 1.79 bits per heavy atom. The highest BCUT2D eigenvalue weighted by atomic mass is 16.1. The topological polar surface area (TPSA) is 89.4 Å². The fraction of sp³-hybridized carbons (Fsp3) is 0.294. The molecule has 1 aliphatic heterocycles. The number of rotatable bonds is 3. The number of piperidine rings is 1. The number of amides is 1. The molecule has 0 saturated carbocycles. The summed E-state index contributed by atoms with van der Waals surface area (Å²) < 4.78 is 1.77. The molecule has 1 aromatic carbocycles. The van der Waals surface area contributed by atoms with Crippen molar-refractivity contribution in [2.45, 2.75) is 12.8 Å². The molecule has 0 unspecified atom stereocenters. The van der Waals surface area contributed by atoms with Crippen LogP contribution in [-0.2, 0) is 4.79 Å². The highest BCUT2D eigenvalue weighted by Crippen LogP contribution is 2.23. The number of benzene rings is 1. The Hall–Kier alpha value is -2.96. The van der Waals surface area contributed by atoms with Crippen LogP contribution in [0.3, 0.4) is 0 Å². The first-order chi connectivity index (χ1) is 11.7. The van der Waals surface area contributed by atoms with Crippen molar-refractivity contribution in [2.24, 2.45) is 11.7 Å². The van der Waals surface area contributed by atoms with Crippen molar-refractivity contribution in [1.29, 1.82) is 0 Å². The quantitative estimate of drug-likeness (QED) is 0.789. The third-order valence-electron chi connectivity index (χ3n) is 4.50. The smallest absolute Gasteiger partial charge is 0.220 e. The van der Waals surface area contributed by atoms with E-state index in [0.717, 1.165) is 43.1 Å². The standard InChI is InChI=1S/C17H18N6O/c18-16(24)12-8-10-22(11-9-12)15-7-6-14-19-20-17(23(14)21-15)13-4-2-1-3-5-13/h1-7,12H,8-11H2,(H2,18,24). The monoisotopic (exact) mass is 322 g/mol. The van der Waals surface area contributed by atoms with Gasteiger partial charge in [0.2, 0.25) is 5.91 Å². The van der Waals surface area contributed by atoms with Crippen LogP contribution in [0.1, 0.15) is 12.8 Å². The summed E-state index contributed by atoms with van der Waals surface area (Å²) in [6.07, 6.45) is 1.53. The van der Waals surface area contributed by atoms with Crippen LogP contribution in [0.2, 0.25) is 0 Å². The van der Waals surface area contributed by atoms with Crippen LogP contribution in [0.15, 0.2) is 42.5 Å². The van der Waals surface area contributed by atoms with Crippen molar-refractivity contribution < 1.29 is 4.79 Å². The van der Waals surface area contributed by atoms with Gasteiger partial charge in [-0.05, 0) is 25.0 Å². The maximum Gasteiger partial charge on any atom is 0.220 e. The van der Waals surface area contributed by atoms with Gasteiger partial charge in [0.15, 0.2) is 11.5 Å². The van der Waals surface area contributed by atoms with E-state index in [2.05, 4.69) is 15.1 Å². The zero-order chi connectivity index (χ0) is 16.5. The molecule has 7 heteroatoms. The van der Waals surface area contributed by atoms with Crippen molar-refractivity contribution in [3.63, 3.8) is 0 Å². The summed E-state index contributed by atoms with van der Waals surface area (Å²) in [5, 5.41) is 13.2. The van der Waals surface area contributed by atoms with Crippen LogP contribution in [0.5, 0.6) is 0 Å². The minimum absolute atomic E-state index is 0.0280. The molecule has 0 radical (unpaired) electrons. The normalized spacial score (nSPS) is 15.8. The van der Waals surface area contributed by atoms with Gasteiger partial charge in [-0.25, -0.2) is 0 Å². The number of carbonyl (C=O) groups excluding carboxylic acids is 1. The van der Waals surface area contributed by atoms with E-state index in [9.17, 15) is 4.79 Å². The fourth-order valence-electron chi connectivity index (χ4n) is 3.11. The van der Waals surface area contributed by atoms with Crippen LogP contribution >= 0.6 is 0 Å². The molecule has 0 spiro atoms. The molecule has 4 rings (SSSR count). The SMILES string of the molecule is NC(=O)C1CCN(c2ccc3nnc(-c4ccccc4)n3n2)CC1. The molecular weight excluding hydrogens is 304 g/mol. The first kappa shape index (κ1) is 14.6. The lowest BCUT2D eigenvalue weighted by Crippen LogP contribution is -2.39. The fourth-order valence-corrected chi connectivity index (χ4v) is 3.11. The molecule has 2 N–H and O–H groups in total. The summed E-state index contributed by atoms with van der Waals surface area (Å²) in [6.45, 7) is 1.55. The molecule has 24 heavy (non-hydrogen) atoms. The molecule has 1 amide bonds. The van der Waals surface area contributed by atoms with E-state index in [1.54, 1.807) is 4.52 Å². The van der Waals surface area contributed by atoms with Gasteiger partial charge in [0, 0.05) is 24.6 Å². The molecule has 0 bridgehead atoms. The number of carbonyl (C=O) groups is 1. The highest BCUT2D eigenvalue weighted by molar-refractivity contribution is 5.77. The van der Waals surface area contributed by atoms with Crippen molar-refractivity contribution in [3.05, 3.63) is 42.5 Å². The molecule has 7 nitrogen and oxygen atoms in total. The first-order valence-electron chi connectivity index (χ1n) is 8.04. The maximum absolute atomic E-state index is 11.3. The van der Waals surface area contributed by atoms with Gasteiger partial charge in [-0.15, -0.1) is 15.3 Å². The summed E-state index contributed by atoms with van der Waals surface area (Å²) in [4.78, 5) is 13.5. The predicted octanol–water partition coefficient (Wildman–Crippen LogP) is 1.49. The Balaban J connectivity index is 1.65. The van der Waals surface area contributed by atoms with Crippen LogP contribution in [-0.4, -0.2) is 38.8 Å². The zero-order valence-corrected chi connectivity index (χ0v) is 13.2. The van der Waals surface area contributed by atoms with Crippen LogP contribution < -0.4 is 10.6 Å². The first-order valence-corrected chi connectivity index (χ1v) is 8.04. The molecule has 1 saturated heterocycles. The number of nitrogens with two attached hydrogens (primary N) is 1. The van der Waals surface area contributed by atoms with E-state index < -0.39 is 0 Å². The Morgan fingerprint density at radius 3 is 2.50 bits per heavy atom. The van der Waals surface area contributed by atoms with Crippen molar-refractivity contribution in [1.82, 2.24) is 19.8 Å². The van der Waals surface area contributed by atoms with Gasteiger partial charge in [0.1, 0.15) is 5.82 Å². The Bertz CT molecular complexity index is 867. The highest BCUT2D eigenvalue weighted by Gasteiger charge is 2.24. The van der Waals surface area contributed by atoms with Gasteiger partial charge in [-0.1, -0.05) is 30.3 Å². The lowest BCUT2D eigenvalue weighted by Gasteiger charge is -2.31. The van der Waals surface area contributed by atoms with E-state index in [0.29, 0.717) is 5.65 Å². The van der Waals surface area contributed by atoms with E-state index in [1.807, 2.05) is 42.5 Å². The van der Waals surface area contributed by atoms with Gasteiger partial charge >= 0.3 is 0 Å². The molecule has 1 fully saturated rings. The van der Waals surface area contributed by atoms with Crippen molar-refractivity contribution >= 4 is 17.4 Å². The second kappa shape index (κ2) is 5.92. The molecule has 0 aliphatic carbocycles. The average molecular weight is 322 g/mol. The Labute approximate surface area is 139 Å². The summed E-state index contributed by atoms with van der Waals surface area (Å²) in [5.74, 6) is 1.35. The molecule has 0 atom stereocenters. The minimum atomic E-state index is -0.205. The minimum Gasteiger partial charge on any atom is -0.369 e. The number of hydrogen-bond acceptors (Lipinski definition) is 5. The average Bonchev–Trinajstić information content (AvgIpc) is 3.05. The van der Waals surface area contributed by atoms with Gasteiger partial charge in [-0.2, -0.15) is 4.52 Å². The molecule has 2 aromatic heterocycles. The van der Waals surface area contributed by atoms with Gasteiger partial charge in [0.25, 0.3) is 0 Å². The number of nitrogens with zero attached hydrogens (tertiary/aromatic N) is 5. The summed E-state index contributed by atoms with van der Waals surface area (Å²) >= 11 is 0. The van der Waals surface area contributed by atoms with Gasteiger partial charge in [0.05, 0.1) is 0 Å². The van der Waals surface area contributed by atoms with Crippen LogP contribution in [0.4, 0.5) is 5.82 Å². The number of aromatic nitrogens is 4. The van der Waals surface area contributed by atoms with Gasteiger partial charge < -0.3 is 10.6 Å². The Kier molecular flexibility index (Phi) is 3.60. The lowest BCUT2D eigenvalue weighted by atomic mass is 9.96. The predicted molar refractivity (Wildman–Crippen MR) is 90.3 cm³/mol. The van der Waals surface area contributed by atoms with Gasteiger partial charge in [-0.3, -0.25) is 4.79 Å². The molecule has 3 aromatic rings. The van der Waals surface area contributed by atoms with Crippen molar-refractivity contribution in [2.75, 3.05) is 18.0 Å². The summed E-state index contributed by atoms with van der Waals surface area (Å²) in [5.41, 5.74) is 7.09. The van der Waals surface area contributed by atoms with E-state index in [-0.39, 0.29) is 11.8 Å². The number of primary amides is 1. The number of fused-ring (bicyclic) bond motifs is 1. The second-order valence-corrected chi connectivity index (χ2v) is 6.01. The molecular formula is C17H18N6O. The molecule has 1 aliphatic rings.